The molecule has 0 aliphatic heterocycles. The zero-order chi connectivity index (χ0) is 23.5. The Morgan fingerprint density at radius 3 is 2.44 bits per heavy atom. The fraction of sp³-hybridized carbons (Fsp3) is 0.923. The van der Waals surface area contributed by atoms with E-state index in [2.05, 4.69) is 31.6 Å². The molecule has 0 bridgehead atoms. The van der Waals surface area contributed by atoms with Crippen molar-refractivity contribution in [3.05, 3.63) is 11.8 Å². The van der Waals surface area contributed by atoms with Gasteiger partial charge in [-0.1, -0.05) is 26.8 Å². The molecule has 8 atom stereocenters. The molecule has 0 spiro atoms. The molecule has 0 aromatic carbocycles. The molecular weight excluding hydrogens is 422 g/mol. The van der Waals surface area contributed by atoms with Gasteiger partial charge in [0.1, 0.15) is 0 Å². The third kappa shape index (κ3) is 4.53. The molecule has 0 amide bonds. The number of aliphatic hydroxyl groups is 1. The normalized spacial score (nSPS) is 43.0. The molecule has 0 radical (unpaired) electrons. The van der Waals surface area contributed by atoms with Crippen LogP contribution in [0.1, 0.15) is 98.8 Å². The van der Waals surface area contributed by atoms with Gasteiger partial charge in [0, 0.05) is 5.70 Å². The van der Waals surface area contributed by atoms with Crippen LogP contribution in [0.5, 0.6) is 0 Å². The molecule has 32 heavy (non-hydrogen) atoms. The van der Waals surface area contributed by atoms with Crippen molar-refractivity contribution in [1.29, 1.82) is 0 Å². The van der Waals surface area contributed by atoms with E-state index in [1.807, 2.05) is 13.8 Å². The highest BCUT2D eigenvalue weighted by atomic mass is 32.2. The summed E-state index contributed by atoms with van der Waals surface area (Å²) in [5, 5.41) is 10.2. The van der Waals surface area contributed by atoms with Crippen LogP contribution in [-0.2, 0) is 10.3 Å². The summed E-state index contributed by atoms with van der Waals surface area (Å²) in [5.41, 5.74) is 0.760. The van der Waals surface area contributed by atoms with E-state index in [0.29, 0.717) is 35.3 Å². The first-order valence-corrected chi connectivity index (χ1v) is 14.4. The minimum atomic E-state index is -4.19. The zero-order valence-electron chi connectivity index (χ0n) is 20.7. The van der Waals surface area contributed by atoms with Gasteiger partial charge in [0.15, 0.2) is 0 Å². The van der Waals surface area contributed by atoms with Gasteiger partial charge in [0.25, 0.3) is 0 Å². The number of nitrogens with one attached hydrogen (secondary N) is 1. The Kier molecular flexibility index (Phi) is 6.34. The molecule has 4 aliphatic rings. The minimum absolute atomic E-state index is 0.235. The zero-order valence-corrected chi connectivity index (χ0v) is 21.5. The fourth-order valence-electron chi connectivity index (χ4n) is 8.87. The van der Waals surface area contributed by atoms with Crippen LogP contribution >= 0.6 is 0 Å². The van der Waals surface area contributed by atoms with Gasteiger partial charge < -0.3 is 5.11 Å². The first-order valence-electron chi connectivity index (χ1n) is 12.9. The second kappa shape index (κ2) is 8.27. The lowest BCUT2D eigenvalue weighted by molar-refractivity contribution is -0.0968. The van der Waals surface area contributed by atoms with E-state index in [-0.39, 0.29) is 5.41 Å². The highest BCUT2D eigenvalue weighted by Crippen LogP contribution is 2.68. The van der Waals surface area contributed by atoms with Crippen molar-refractivity contribution in [2.75, 3.05) is 0 Å². The number of hydrogen-bond acceptors (Lipinski definition) is 3. The van der Waals surface area contributed by atoms with E-state index in [9.17, 15) is 18.1 Å². The highest BCUT2D eigenvalue weighted by molar-refractivity contribution is 7.83. The van der Waals surface area contributed by atoms with E-state index in [0.717, 1.165) is 43.4 Å². The van der Waals surface area contributed by atoms with E-state index in [1.165, 1.54) is 32.1 Å². The topological polar surface area (TPSA) is 86.6 Å². The molecular formula is C26H45NO4S. The summed E-state index contributed by atoms with van der Waals surface area (Å²) in [4.78, 5) is 0. The Hall–Kier alpha value is -0.590. The van der Waals surface area contributed by atoms with Crippen molar-refractivity contribution in [3.8, 4) is 0 Å². The second-order valence-electron chi connectivity index (χ2n) is 12.9. The minimum Gasteiger partial charge on any atom is -0.390 e. The van der Waals surface area contributed by atoms with E-state index in [4.69, 9.17) is 0 Å². The average molecular weight is 468 g/mol. The quantitative estimate of drug-likeness (QED) is 0.436. The van der Waals surface area contributed by atoms with Gasteiger partial charge in [0.2, 0.25) is 0 Å². The van der Waals surface area contributed by atoms with Crippen molar-refractivity contribution in [2.24, 2.45) is 46.3 Å². The van der Waals surface area contributed by atoms with Crippen LogP contribution in [0.25, 0.3) is 0 Å². The lowest BCUT2D eigenvalue weighted by Gasteiger charge is -2.60. The number of hydrogen-bond donors (Lipinski definition) is 3. The molecule has 8 unspecified atom stereocenters. The van der Waals surface area contributed by atoms with Gasteiger partial charge in [-0.15, -0.1) is 0 Å². The second-order valence-corrected chi connectivity index (χ2v) is 14.0. The predicted octanol–water partition coefficient (Wildman–Crippen LogP) is 5.72. The number of fused-ring (bicyclic) bond motifs is 5. The molecule has 3 saturated carbocycles. The molecule has 4 aliphatic carbocycles. The first-order chi connectivity index (χ1) is 14.7. The average Bonchev–Trinajstić information content (AvgIpc) is 3.02. The van der Waals surface area contributed by atoms with Crippen LogP contribution in [0.2, 0.25) is 0 Å². The van der Waals surface area contributed by atoms with Crippen molar-refractivity contribution in [1.82, 2.24) is 4.72 Å². The Balaban J connectivity index is 1.49. The van der Waals surface area contributed by atoms with E-state index >= 15 is 0 Å². The first kappa shape index (κ1) is 24.5. The van der Waals surface area contributed by atoms with Crippen LogP contribution < -0.4 is 4.72 Å². The van der Waals surface area contributed by atoms with Gasteiger partial charge in [-0.3, -0.25) is 9.27 Å². The molecule has 0 aromatic heterocycles. The smallest absolute Gasteiger partial charge is 0.357 e. The summed E-state index contributed by atoms with van der Waals surface area (Å²) in [7, 11) is -4.19. The largest absolute Gasteiger partial charge is 0.390 e. The summed E-state index contributed by atoms with van der Waals surface area (Å²) in [6.45, 7) is 11.3. The molecule has 0 heterocycles. The van der Waals surface area contributed by atoms with Crippen LogP contribution in [0, 0.1) is 46.3 Å². The maximum Gasteiger partial charge on any atom is 0.357 e. The summed E-state index contributed by atoms with van der Waals surface area (Å²) in [6.07, 6.45) is 13.5. The number of rotatable bonds is 6. The fourth-order valence-corrected chi connectivity index (χ4v) is 9.37. The maximum atomic E-state index is 11.3. The van der Waals surface area contributed by atoms with Crippen molar-refractivity contribution >= 4 is 10.3 Å². The molecule has 3 fully saturated rings. The number of allylic oxidation sites excluding steroid dienone is 2. The third-order valence-corrected chi connectivity index (χ3v) is 11.0. The Morgan fingerprint density at radius 2 is 1.78 bits per heavy atom. The van der Waals surface area contributed by atoms with Crippen molar-refractivity contribution in [2.45, 2.75) is 104 Å². The SMILES string of the molecule is CC(CCC(C)(C)O)C1CCC2C3CCC4C=C(NS(=O)(=O)O)CCC4(C)C3CCC12C. The molecule has 4 rings (SSSR count). The maximum absolute atomic E-state index is 11.3. The molecule has 5 nitrogen and oxygen atoms in total. The Morgan fingerprint density at radius 1 is 1.09 bits per heavy atom. The summed E-state index contributed by atoms with van der Waals surface area (Å²) in [5.74, 6) is 4.12. The van der Waals surface area contributed by atoms with Gasteiger partial charge in [-0.2, -0.15) is 8.42 Å². The third-order valence-electron chi connectivity index (χ3n) is 10.5. The Labute approximate surface area is 195 Å². The van der Waals surface area contributed by atoms with Crippen LogP contribution in [0.3, 0.4) is 0 Å². The molecule has 6 heteroatoms. The molecule has 3 N–H and O–H groups in total. The van der Waals surface area contributed by atoms with Crippen LogP contribution in [-0.4, -0.2) is 23.7 Å². The van der Waals surface area contributed by atoms with Gasteiger partial charge in [0.05, 0.1) is 5.60 Å². The van der Waals surface area contributed by atoms with Crippen molar-refractivity contribution in [3.63, 3.8) is 0 Å². The van der Waals surface area contributed by atoms with E-state index < -0.39 is 15.9 Å². The highest BCUT2D eigenvalue weighted by Gasteiger charge is 2.60. The van der Waals surface area contributed by atoms with Crippen LogP contribution in [0.15, 0.2) is 11.8 Å². The monoisotopic (exact) mass is 467 g/mol. The molecule has 184 valence electrons. The predicted molar refractivity (Wildman–Crippen MR) is 128 cm³/mol. The molecule has 0 saturated heterocycles. The standard InChI is InChI=1S/C26H45NO4S/c1-17(10-13-24(2,3)28)21-8-9-22-20-7-6-18-16-19(27-32(29,30)31)11-14-25(18,4)23(20)12-15-26(21,22)5/h16-18,20-23,27-28H,6-15H2,1-5H3,(H,29,30,31). The van der Waals surface area contributed by atoms with Gasteiger partial charge in [-0.25, -0.2) is 0 Å². The summed E-state index contributed by atoms with van der Waals surface area (Å²) in [6, 6.07) is 0. The summed E-state index contributed by atoms with van der Waals surface area (Å²) >= 11 is 0. The van der Waals surface area contributed by atoms with Crippen LogP contribution in [0.4, 0.5) is 0 Å². The Bertz CT molecular complexity index is 846. The van der Waals surface area contributed by atoms with Crippen molar-refractivity contribution < 1.29 is 18.1 Å². The van der Waals surface area contributed by atoms with Gasteiger partial charge in [-0.05, 0) is 124 Å². The lowest BCUT2D eigenvalue weighted by atomic mass is 9.45. The van der Waals surface area contributed by atoms with E-state index in [1.54, 1.807) is 0 Å². The van der Waals surface area contributed by atoms with Gasteiger partial charge >= 0.3 is 10.3 Å². The molecule has 0 aromatic rings. The lowest BCUT2D eigenvalue weighted by Crippen LogP contribution is -2.53. The summed E-state index contributed by atoms with van der Waals surface area (Å²) < 4.78 is 34.2.